The van der Waals surface area contributed by atoms with Crippen molar-refractivity contribution < 1.29 is 22.7 Å². The number of ether oxygens (including phenoxy) is 1. The largest absolute Gasteiger partial charge is 0.440 e. The Hall–Kier alpha value is -1.63. The molecule has 0 aliphatic rings. The van der Waals surface area contributed by atoms with Gasteiger partial charge >= 0.3 is 12.3 Å². The van der Waals surface area contributed by atoms with E-state index in [0.29, 0.717) is 10.7 Å². The third kappa shape index (κ3) is 5.25. The number of nitrogens with one attached hydrogen (secondary N) is 1. The molecule has 4 nitrogen and oxygen atoms in total. The summed E-state index contributed by atoms with van der Waals surface area (Å²) >= 11 is 5.76. The summed E-state index contributed by atoms with van der Waals surface area (Å²) in [7, 11) is 3.44. The molecule has 1 N–H and O–H groups in total. The number of hydrogen-bond acceptors (Lipinski definition) is 3. The Balaban J connectivity index is 2.76. The molecule has 0 saturated carbocycles. The van der Waals surface area contributed by atoms with Gasteiger partial charge in [-0.1, -0.05) is 11.6 Å². The average Bonchev–Trinajstić information content (AvgIpc) is 2.25. The maximum Gasteiger partial charge on any atom is 0.422 e. The van der Waals surface area contributed by atoms with Gasteiger partial charge in [-0.05, 0) is 18.2 Å². The number of anilines is 2. The fourth-order valence-electron chi connectivity index (χ4n) is 1.29. The van der Waals surface area contributed by atoms with Crippen molar-refractivity contribution in [2.45, 2.75) is 6.18 Å². The monoisotopic (exact) mass is 296 g/mol. The van der Waals surface area contributed by atoms with Gasteiger partial charge in [-0.25, -0.2) is 4.79 Å². The first-order valence-electron chi connectivity index (χ1n) is 5.16. The van der Waals surface area contributed by atoms with Crippen molar-refractivity contribution in [2.24, 2.45) is 0 Å². The van der Waals surface area contributed by atoms with Crippen LogP contribution in [0.4, 0.5) is 29.3 Å². The van der Waals surface area contributed by atoms with Crippen LogP contribution in [0.15, 0.2) is 18.2 Å². The number of alkyl halides is 3. The second-order valence-corrected chi connectivity index (χ2v) is 4.31. The molecule has 1 rings (SSSR count). The zero-order chi connectivity index (χ0) is 14.6. The number of halogens is 4. The number of carbonyl (C=O) groups is 1. The first kappa shape index (κ1) is 15.4. The summed E-state index contributed by atoms with van der Waals surface area (Å²) in [5.74, 6) is 0. The fourth-order valence-corrected chi connectivity index (χ4v) is 1.46. The number of rotatable bonds is 3. The molecule has 19 heavy (non-hydrogen) atoms. The summed E-state index contributed by atoms with van der Waals surface area (Å²) in [5.41, 5.74) is 0.859. The van der Waals surface area contributed by atoms with Crippen molar-refractivity contribution in [3.63, 3.8) is 0 Å². The van der Waals surface area contributed by atoms with Crippen LogP contribution in [-0.4, -0.2) is 33.0 Å². The summed E-state index contributed by atoms with van der Waals surface area (Å²) in [5, 5.41) is 2.56. The molecule has 1 aromatic carbocycles. The fraction of sp³-hybridized carbons (Fsp3) is 0.364. The smallest absolute Gasteiger partial charge is 0.422 e. The van der Waals surface area contributed by atoms with E-state index >= 15 is 0 Å². The highest BCUT2D eigenvalue weighted by Crippen LogP contribution is 2.28. The molecule has 0 heterocycles. The number of amides is 1. The molecule has 0 spiro atoms. The van der Waals surface area contributed by atoms with Crippen molar-refractivity contribution in [3.05, 3.63) is 23.2 Å². The van der Waals surface area contributed by atoms with Gasteiger partial charge in [-0.3, -0.25) is 5.32 Å². The lowest BCUT2D eigenvalue weighted by molar-refractivity contribution is -0.159. The Labute approximate surface area is 113 Å². The van der Waals surface area contributed by atoms with Gasteiger partial charge in [0.15, 0.2) is 6.61 Å². The standard InChI is InChI=1S/C11H12ClF3N2O2/c1-17(2)9-4-3-7(12)5-8(9)16-10(18)19-6-11(13,14)15/h3-5H,6H2,1-2H3,(H,16,18). The van der Waals surface area contributed by atoms with Crippen molar-refractivity contribution >= 4 is 29.1 Å². The Morgan fingerprint density at radius 3 is 2.58 bits per heavy atom. The molecule has 0 aliphatic carbocycles. The molecule has 1 aromatic rings. The summed E-state index contributed by atoms with van der Waals surface area (Å²) in [6.07, 6.45) is -5.75. The lowest BCUT2D eigenvalue weighted by Gasteiger charge is -2.18. The van der Waals surface area contributed by atoms with Gasteiger partial charge in [0.2, 0.25) is 0 Å². The lowest BCUT2D eigenvalue weighted by atomic mass is 10.2. The molecule has 0 aromatic heterocycles. The van der Waals surface area contributed by atoms with E-state index in [1.807, 2.05) is 0 Å². The highest BCUT2D eigenvalue weighted by molar-refractivity contribution is 6.31. The van der Waals surface area contributed by atoms with Gasteiger partial charge in [-0.2, -0.15) is 13.2 Å². The van der Waals surface area contributed by atoms with E-state index in [0.717, 1.165) is 0 Å². The van der Waals surface area contributed by atoms with Crippen molar-refractivity contribution in [3.8, 4) is 0 Å². The quantitative estimate of drug-likeness (QED) is 0.928. The van der Waals surface area contributed by atoms with Crippen LogP contribution in [0.25, 0.3) is 0 Å². The maximum atomic E-state index is 11.9. The Morgan fingerprint density at radius 1 is 1.42 bits per heavy atom. The number of carbonyl (C=O) groups excluding carboxylic acids is 1. The number of benzene rings is 1. The predicted octanol–water partition coefficient (Wildman–Crippen LogP) is 3.52. The Kier molecular flexibility index (Phi) is 4.88. The highest BCUT2D eigenvalue weighted by atomic mass is 35.5. The van der Waals surface area contributed by atoms with E-state index in [2.05, 4.69) is 10.1 Å². The Morgan fingerprint density at radius 2 is 2.05 bits per heavy atom. The van der Waals surface area contributed by atoms with Crippen LogP contribution in [0, 0.1) is 0 Å². The van der Waals surface area contributed by atoms with Gasteiger partial charge in [0.1, 0.15) is 0 Å². The number of nitrogens with zero attached hydrogens (tertiary/aromatic N) is 1. The molecular formula is C11H12ClF3N2O2. The van der Waals surface area contributed by atoms with Crippen LogP contribution in [0.2, 0.25) is 5.02 Å². The van der Waals surface area contributed by atoms with Crippen LogP contribution >= 0.6 is 11.6 Å². The molecule has 1 amide bonds. The summed E-state index contributed by atoms with van der Waals surface area (Å²) in [4.78, 5) is 12.9. The first-order valence-corrected chi connectivity index (χ1v) is 5.54. The SMILES string of the molecule is CN(C)c1ccc(Cl)cc1NC(=O)OCC(F)(F)F. The van der Waals surface area contributed by atoms with E-state index in [9.17, 15) is 18.0 Å². The van der Waals surface area contributed by atoms with Gasteiger partial charge < -0.3 is 9.64 Å². The van der Waals surface area contributed by atoms with Crippen molar-refractivity contribution in [1.82, 2.24) is 0 Å². The van der Waals surface area contributed by atoms with E-state index < -0.39 is 18.9 Å². The summed E-state index contributed by atoms with van der Waals surface area (Å²) < 4.78 is 39.7. The topological polar surface area (TPSA) is 41.6 Å². The minimum absolute atomic E-state index is 0.268. The summed E-state index contributed by atoms with van der Waals surface area (Å²) in [6, 6.07) is 4.65. The maximum absolute atomic E-state index is 11.9. The average molecular weight is 297 g/mol. The molecule has 0 atom stereocenters. The van der Waals surface area contributed by atoms with Crippen molar-refractivity contribution in [2.75, 3.05) is 30.9 Å². The normalized spacial score (nSPS) is 11.1. The van der Waals surface area contributed by atoms with Crippen LogP contribution in [0.1, 0.15) is 0 Å². The van der Waals surface area contributed by atoms with E-state index in [1.165, 1.54) is 6.07 Å². The van der Waals surface area contributed by atoms with E-state index in [4.69, 9.17) is 11.6 Å². The minimum atomic E-state index is -4.56. The predicted molar refractivity (Wildman–Crippen MR) is 66.8 cm³/mol. The molecule has 0 fully saturated rings. The van der Waals surface area contributed by atoms with Gasteiger partial charge in [-0.15, -0.1) is 0 Å². The molecule has 106 valence electrons. The van der Waals surface area contributed by atoms with Crippen LogP contribution < -0.4 is 10.2 Å². The van der Waals surface area contributed by atoms with Crippen LogP contribution in [-0.2, 0) is 4.74 Å². The molecule has 0 unspecified atom stereocenters. The zero-order valence-corrected chi connectivity index (χ0v) is 11.0. The van der Waals surface area contributed by atoms with Gasteiger partial charge in [0, 0.05) is 19.1 Å². The third-order valence-electron chi connectivity index (χ3n) is 2.04. The third-order valence-corrected chi connectivity index (χ3v) is 2.28. The van der Waals surface area contributed by atoms with Crippen molar-refractivity contribution in [1.29, 1.82) is 0 Å². The molecular weight excluding hydrogens is 285 g/mol. The first-order chi connectivity index (χ1) is 8.69. The molecule has 8 heteroatoms. The molecule has 0 aliphatic heterocycles. The zero-order valence-electron chi connectivity index (χ0n) is 10.2. The minimum Gasteiger partial charge on any atom is -0.440 e. The van der Waals surface area contributed by atoms with Gasteiger partial charge in [0.25, 0.3) is 0 Å². The second-order valence-electron chi connectivity index (χ2n) is 3.87. The molecule has 0 radical (unpaired) electrons. The van der Waals surface area contributed by atoms with E-state index in [-0.39, 0.29) is 5.69 Å². The second kappa shape index (κ2) is 6.01. The summed E-state index contributed by atoms with van der Waals surface area (Å²) in [6.45, 7) is -1.64. The molecule has 0 saturated heterocycles. The van der Waals surface area contributed by atoms with Crippen LogP contribution in [0.5, 0.6) is 0 Å². The molecule has 0 bridgehead atoms. The lowest BCUT2D eigenvalue weighted by Crippen LogP contribution is -2.24. The van der Waals surface area contributed by atoms with E-state index in [1.54, 1.807) is 31.1 Å². The Bertz CT molecular complexity index is 464. The number of hydrogen-bond donors (Lipinski definition) is 1. The van der Waals surface area contributed by atoms with Crippen LogP contribution in [0.3, 0.4) is 0 Å². The highest BCUT2D eigenvalue weighted by Gasteiger charge is 2.29. The van der Waals surface area contributed by atoms with Gasteiger partial charge in [0.05, 0.1) is 11.4 Å².